The van der Waals surface area contributed by atoms with E-state index in [1.807, 2.05) is 6.92 Å². The van der Waals surface area contributed by atoms with Gasteiger partial charge in [-0.3, -0.25) is 14.4 Å². The predicted molar refractivity (Wildman–Crippen MR) is 89.9 cm³/mol. The number of H-pyrrole nitrogens is 1. The lowest BCUT2D eigenvalue weighted by Crippen LogP contribution is -2.30. The number of nitrogens with zero attached hydrogens (tertiary/aromatic N) is 1. The van der Waals surface area contributed by atoms with Crippen LogP contribution in [0.3, 0.4) is 0 Å². The van der Waals surface area contributed by atoms with Crippen LogP contribution in [-0.4, -0.2) is 41.4 Å². The summed E-state index contributed by atoms with van der Waals surface area (Å²) in [5.41, 5.74) is 2.43. The first kappa shape index (κ1) is 18.2. The maximum absolute atomic E-state index is 12.1. The van der Waals surface area contributed by atoms with E-state index < -0.39 is 5.97 Å². The smallest absolute Gasteiger partial charge is 0.325 e. The van der Waals surface area contributed by atoms with Crippen LogP contribution < -0.4 is 10.6 Å². The molecule has 2 amide bonds. The number of carbonyl (C=O) groups excluding carboxylic acids is 3. The molecule has 25 heavy (non-hydrogen) atoms. The van der Waals surface area contributed by atoms with E-state index in [1.54, 1.807) is 24.3 Å². The Balaban J connectivity index is 1.89. The highest BCUT2D eigenvalue weighted by Crippen LogP contribution is 2.06. The summed E-state index contributed by atoms with van der Waals surface area (Å²) in [6, 6.07) is 6.72. The van der Waals surface area contributed by atoms with Crippen LogP contribution in [0.1, 0.15) is 39.0 Å². The van der Waals surface area contributed by atoms with E-state index in [1.165, 1.54) is 13.4 Å². The molecule has 0 spiro atoms. The van der Waals surface area contributed by atoms with Crippen molar-refractivity contribution in [3.05, 3.63) is 53.1 Å². The number of rotatable bonds is 7. The molecule has 2 rings (SSSR count). The van der Waals surface area contributed by atoms with Crippen molar-refractivity contribution in [3.63, 3.8) is 0 Å². The van der Waals surface area contributed by atoms with Crippen molar-refractivity contribution >= 4 is 17.8 Å². The zero-order valence-corrected chi connectivity index (χ0v) is 14.1. The van der Waals surface area contributed by atoms with Crippen LogP contribution in [0.15, 0.2) is 30.6 Å². The van der Waals surface area contributed by atoms with E-state index in [9.17, 15) is 14.4 Å². The Kier molecular flexibility index (Phi) is 6.27. The Hall–Kier alpha value is -3.16. The van der Waals surface area contributed by atoms with Crippen LogP contribution in [0.2, 0.25) is 0 Å². The number of aromatic nitrogens is 2. The normalized spacial score (nSPS) is 10.2. The first-order chi connectivity index (χ1) is 12.0. The van der Waals surface area contributed by atoms with Gasteiger partial charge in [0.05, 0.1) is 13.4 Å². The average Bonchev–Trinajstić information content (AvgIpc) is 3.13. The zero-order valence-electron chi connectivity index (χ0n) is 14.1. The third kappa shape index (κ3) is 4.90. The van der Waals surface area contributed by atoms with Gasteiger partial charge in [0, 0.05) is 17.8 Å². The van der Waals surface area contributed by atoms with Crippen molar-refractivity contribution in [2.45, 2.75) is 19.9 Å². The number of aromatic amines is 1. The molecule has 8 nitrogen and oxygen atoms in total. The number of nitrogens with one attached hydrogen (secondary N) is 3. The van der Waals surface area contributed by atoms with Crippen molar-refractivity contribution in [1.82, 2.24) is 20.6 Å². The zero-order chi connectivity index (χ0) is 18.2. The number of methoxy groups -OCH3 is 1. The minimum absolute atomic E-state index is 0.184. The van der Waals surface area contributed by atoms with Gasteiger partial charge in [-0.15, -0.1) is 0 Å². The summed E-state index contributed by atoms with van der Waals surface area (Å²) in [5, 5.41) is 5.24. The van der Waals surface area contributed by atoms with Gasteiger partial charge in [-0.2, -0.15) is 0 Å². The second-order valence-electron chi connectivity index (χ2n) is 5.22. The molecule has 132 valence electrons. The minimum Gasteiger partial charge on any atom is -0.468 e. The molecule has 2 aromatic rings. The molecule has 0 fully saturated rings. The van der Waals surface area contributed by atoms with Gasteiger partial charge in [-0.1, -0.05) is 19.1 Å². The van der Waals surface area contributed by atoms with Gasteiger partial charge in [0.15, 0.2) is 0 Å². The quantitative estimate of drug-likeness (QED) is 0.643. The molecule has 0 aliphatic rings. The third-order valence-electron chi connectivity index (χ3n) is 3.58. The van der Waals surface area contributed by atoms with Crippen molar-refractivity contribution in [1.29, 1.82) is 0 Å². The minimum atomic E-state index is -0.516. The number of imidazole rings is 1. The molecule has 0 radical (unpaired) electrons. The molecule has 1 aromatic carbocycles. The predicted octanol–water partition coefficient (Wildman–Crippen LogP) is 0.805. The van der Waals surface area contributed by atoms with Crippen LogP contribution in [0.4, 0.5) is 0 Å². The Morgan fingerprint density at radius 3 is 2.48 bits per heavy atom. The summed E-state index contributed by atoms with van der Waals surface area (Å²) in [6.45, 7) is 2.07. The van der Waals surface area contributed by atoms with E-state index in [0.717, 1.165) is 11.3 Å². The van der Waals surface area contributed by atoms with Crippen molar-refractivity contribution in [2.24, 2.45) is 0 Å². The van der Waals surface area contributed by atoms with Gasteiger partial charge in [-0.25, -0.2) is 4.98 Å². The number of carbonyl (C=O) groups is 3. The lowest BCUT2D eigenvalue weighted by atomic mass is 10.1. The van der Waals surface area contributed by atoms with Crippen LogP contribution >= 0.6 is 0 Å². The van der Waals surface area contributed by atoms with Crippen molar-refractivity contribution in [3.8, 4) is 0 Å². The van der Waals surface area contributed by atoms with Crippen molar-refractivity contribution in [2.75, 3.05) is 13.7 Å². The summed E-state index contributed by atoms with van der Waals surface area (Å²) in [6.07, 6.45) is 2.19. The molecule has 0 saturated carbocycles. The summed E-state index contributed by atoms with van der Waals surface area (Å²) in [5.74, 6) is -1.14. The van der Waals surface area contributed by atoms with E-state index >= 15 is 0 Å². The SMILES string of the molecule is CCc1[nH]cnc1C(=O)NCc1ccc(C(=O)NCC(=O)OC)cc1. The first-order valence-electron chi connectivity index (χ1n) is 7.79. The van der Waals surface area contributed by atoms with Crippen molar-refractivity contribution < 1.29 is 19.1 Å². The number of amides is 2. The molecule has 0 atom stereocenters. The van der Waals surface area contributed by atoms with Crippen LogP contribution in [-0.2, 0) is 22.5 Å². The molecule has 0 bridgehead atoms. The van der Waals surface area contributed by atoms with Crippen LogP contribution in [0, 0.1) is 0 Å². The third-order valence-corrected chi connectivity index (χ3v) is 3.58. The molecule has 1 heterocycles. The van der Waals surface area contributed by atoms with Gasteiger partial charge in [0.2, 0.25) is 0 Å². The van der Waals surface area contributed by atoms with Gasteiger partial charge in [0.1, 0.15) is 12.2 Å². The summed E-state index contributed by atoms with van der Waals surface area (Å²) in [4.78, 5) is 41.9. The second kappa shape index (κ2) is 8.62. The molecule has 8 heteroatoms. The topological polar surface area (TPSA) is 113 Å². The van der Waals surface area contributed by atoms with Gasteiger partial charge in [0.25, 0.3) is 11.8 Å². The highest BCUT2D eigenvalue weighted by molar-refractivity contribution is 5.96. The molecular weight excluding hydrogens is 324 g/mol. The Morgan fingerprint density at radius 1 is 1.12 bits per heavy atom. The molecule has 1 aromatic heterocycles. The van der Waals surface area contributed by atoms with Gasteiger partial charge >= 0.3 is 5.97 Å². The van der Waals surface area contributed by atoms with Crippen LogP contribution in [0.5, 0.6) is 0 Å². The monoisotopic (exact) mass is 344 g/mol. The number of benzene rings is 1. The largest absolute Gasteiger partial charge is 0.468 e. The number of esters is 1. The second-order valence-corrected chi connectivity index (χ2v) is 5.22. The standard InChI is InChI=1S/C17H20N4O4/c1-3-13-15(21-10-20-13)17(24)18-8-11-4-6-12(7-5-11)16(23)19-9-14(22)25-2/h4-7,10H,3,8-9H2,1-2H3,(H,18,24)(H,19,23)(H,20,21). The maximum Gasteiger partial charge on any atom is 0.325 e. The van der Waals surface area contributed by atoms with E-state index in [0.29, 0.717) is 24.2 Å². The molecule has 0 unspecified atom stereocenters. The van der Waals surface area contributed by atoms with E-state index in [-0.39, 0.29) is 18.4 Å². The number of ether oxygens (including phenoxy) is 1. The molecule has 0 aliphatic carbocycles. The first-order valence-corrected chi connectivity index (χ1v) is 7.79. The molecule has 0 saturated heterocycles. The Morgan fingerprint density at radius 2 is 1.84 bits per heavy atom. The number of aryl methyl sites for hydroxylation is 1. The fourth-order valence-electron chi connectivity index (χ4n) is 2.15. The maximum atomic E-state index is 12.1. The van der Waals surface area contributed by atoms with Gasteiger partial charge in [-0.05, 0) is 24.1 Å². The summed E-state index contributed by atoms with van der Waals surface area (Å²) in [7, 11) is 1.25. The Bertz CT molecular complexity index is 752. The molecule has 3 N–H and O–H groups in total. The van der Waals surface area contributed by atoms with E-state index in [4.69, 9.17) is 0 Å². The highest BCUT2D eigenvalue weighted by Gasteiger charge is 2.13. The lowest BCUT2D eigenvalue weighted by molar-refractivity contribution is -0.139. The highest BCUT2D eigenvalue weighted by atomic mass is 16.5. The van der Waals surface area contributed by atoms with Gasteiger partial charge < -0.3 is 20.4 Å². The van der Waals surface area contributed by atoms with Crippen LogP contribution in [0.25, 0.3) is 0 Å². The summed E-state index contributed by atoms with van der Waals surface area (Å²) < 4.78 is 4.46. The Labute approximate surface area is 145 Å². The fraction of sp³-hybridized carbons (Fsp3) is 0.294. The van der Waals surface area contributed by atoms with E-state index in [2.05, 4.69) is 25.3 Å². The molecule has 0 aliphatic heterocycles. The number of hydrogen-bond acceptors (Lipinski definition) is 5. The average molecular weight is 344 g/mol. The molecular formula is C17H20N4O4. The fourth-order valence-corrected chi connectivity index (χ4v) is 2.15. The lowest BCUT2D eigenvalue weighted by Gasteiger charge is -2.07. The summed E-state index contributed by atoms with van der Waals surface area (Å²) >= 11 is 0. The number of hydrogen-bond donors (Lipinski definition) is 3.